The number of nitrogens with zero attached hydrogens (tertiary/aromatic N) is 2. The summed E-state index contributed by atoms with van der Waals surface area (Å²) < 4.78 is 5.15. The van der Waals surface area contributed by atoms with Crippen molar-refractivity contribution in [3.63, 3.8) is 0 Å². The number of aromatic nitrogens is 1. The van der Waals surface area contributed by atoms with Crippen LogP contribution in [-0.2, 0) is 11.3 Å². The second-order valence-corrected chi connectivity index (χ2v) is 6.52. The Morgan fingerprint density at radius 1 is 1.35 bits per heavy atom. The van der Waals surface area contributed by atoms with Gasteiger partial charge in [0.25, 0.3) is 0 Å². The number of benzene rings is 1. The first-order chi connectivity index (χ1) is 12.4. The summed E-state index contributed by atoms with van der Waals surface area (Å²) in [4.78, 5) is 27.9. The first kappa shape index (κ1) is 19.5. The van der Waals surface area contributed by atoms with Crippen molar-refractivity contribution in [3.8, 4) is 11.8 Å². The number of carbonyl (C=O) groups excluding carboxylic acids is 2. The van der Waals surface area contributed by atoms with Gasteiger partial charge in [0.15, 0.2) is 5.78 Å². The fourth-order valence-corrected chi connectivity index (χ4v) is 3.13. The fourth-order valence-electron chi connectivity index (χ4n) is 2.30. The van der Waals surface area contributed by atoms with Gasteiger partial charge in [0.2, 0.25) is 5.91 Å². The predicted octanol–water partition coefficient (Wildman–Crippen LogP) is 2.88. The Bertz CT molecular complexity index is 875. The zero-order chi connectivity index (χ0) is 19.1. The van der Waals surface area contributed by atoms with Gasteiger partial charge in [0, 0.05) is 17.8 Å². The molecule has 0 aliphatic heterocycles. The third-order valence-electron chi connectivity index (χ3n) is 3.64. The predicted molar refractivity (Wildman–Crippen MR) is 99.3 cm³/mol. The van der Waals surface area contributed by atoms with E-state index in [2.05, 4.69) is 10.3 Å². The van der Waals surface area contributed by atoms with Crippen molar-refractivity contribution in [2.75, 3.05) is 12.9 Å². The molecule has 26 heavy (non-hydrogen) atoms. The van der Waals surface area contributed by atoms with E-state index >= 15 is 0 Å². The zero-order valence-corrected chi connectivity index (χ0v) is 15.6. The SMILES string of the molecule is COc1cccc(CNC(=O)CSc2nc(C)c(C(C)=O)cc2C#N)c1. The van der Waals surface area contributed by atoms with Crippen LogP contribution in [0.1, 0.15) is 34.1 Å². The molecular formula is C19H19N3O3S. The molecule has 6 nitrogen and oxygen atoms in total. The van der Waals surface area contributed by atoms with Gasteiger partial charge in [0.05, 0.1) is 18.4 Å². The van der Waals surface area contributed by atoms with E-state index in [1.165, 1.54) is 24.8 Å². The van der Waals surface area contributed by atoms with Crippen molar-refractivity contribution in [3.05, 3.63) is 52.7 Å². The number of rotatable bonds is 7. The van der Waals surface area contributed by atoms with E-state index in [1.807, 2.05) is 30.3 Å². The molecule has 134 valence electrons. The van der Waals surface area contributed by atoms with E-state index in [1.54, 1.807) is 14.0 Å². The molecule has 0 aliphatic carbocycles. The summed E-state index contributed by atoms with van der Waals surface area (Å²) in [6.07, 6.45) is 0. The number of hydrogen-bond acceptors (Lipinski definition) is 6. The Hall–Kier alpha value is -2.85. The van der Waals surface area contributed by atoms with Gasteiger partial charge in [-0.05, 0) is 37.6 Å². The van der Waals surface area contributed by atoms with Gasteiger partial charge >= 0.3 is 0 Å². The average molecular weight is 369 g/mol. The second-order valence-electron chi connectivity index (χ2n) is 5.56. The molecule has 0 spiro atoms. The van der Waals surface area contributed by atoms with Crippen molar-refractivity contribution >= 4 is 23.5 Å². The molecule has 1 amide bonds. The average Bonchev–Trinajstić information content (AvgIpc) is 2.64. The van der Waals surface area contributed by atoms with Crippen molar-refractivity contribution in [2.24, 2.45) is 0 Å². The van der Waals surface area contributed by atoms with Crippen LogP contribution < -0.4 is 10.1 Å². The van der Waals surface area contributed by atoms with Crippen LogP contribution >= 0.6 is 11.8 Å². The molecule has 0 bridgehead atoms. The lowest BCUT2D eigenvalue weighted by atomic mass is 10.1. The summed E-state index contributed by atoms with van der Waals surface area (Å²) in [6, 6.07) is 11.0. The largest absolute Gasteiger partial charge is 0.497 e. The van der Waals surface area contributed by atoms with Gasteiger partial charge in [-0.15, -0.1) is 0 Å². The Morgan fingerprint density at radius 3 is 2.77 bits per heavy atom. The Labute approximate surface area is 156 Å². The molecule has 0 saturated carbocycles. The molecule has 7 heteroatoms. The molecule has 1 heterocycles. The quantitative estimate of drug-likeness (QED) is 0.596. The van der Waals surface area contributed by atoms with E-state index < -0.39 is 0 Å². The number of pyridine rings is 1. The smallest absolute Gasteiger partial charge is 0.230 e. The van der Waals surface area contributed by atoms with Crippen molar-refractivity contribution in [2.45, 2.75) is 25.4 Å². The minimum atomic E-state index is -0.170. The monoisotopic (exact) mass is 369 g/mol. The van der Waals surface area contributed by atoms with Gasteiger partial charge < -0.3 is 10.1 Å². The topological polar surface area (TPSA) is 92.1 Å². The standard InChI is InChI=1S/C19H19N3O3S/c1-12-17(13(2)23)8-15(9-20)19(22-12)26-11-18(24)21-10-14-5-4-6-16(7-14)25-3/h4-8H,10-11H2,1-3H3,(H,21,24). The van der Waals surface area contributed by atoms with Crippen LogP contribution in [0.2, 0.25) is 0 Å². The molecular weight excluding hydrogens is 350 g/mol. The third kappa shape index (κ3) is 5.07. The second kappa shape index (κ2) is 9.02. The molecule has 2 rings (SSSR count). The molecule has 2 aromatic rings. The summed E-state index contributed by atoms with van der Waals surface area (Å²) >= 11 is 1.18. The summed E-state index contributed by atoms with van der Waals surface area (Å²) in [5.41, 5.74) is 2.20. The lowest BCUT2D eigenvalue weighted by Crippen LogP contribution is -2.24. The van der Waals surface area contributed by atoms with E-state index in [9.17, 15) is 14.9 Å². The Morgan fingerprint density at radius 2 is 2.12 bits per heavy atom. The normalized spacial score (nSPS) is 10.1. The lowest BCUT2D eigenvalue weighted by Gasteiger charge is -2.09. The number of nitriles is 1. The van der Waals surface area contributed by atoms with Gasteiger partial charge in [-0.3, -0.25) is 9.59 Å². The Kier molecular flexibility index (Phi) is 6.75. The van der Waals surface area contributed by atoms with Gasteiger partial charge in [-0.2, -0.15) is 5.26 Å². The highest BCUT2D eigenvalue weighted by Gasteiger charge is 2.14. The van der Waals surface area contributed by atoms with Gasteiger partial charge in [-0.25, -0.2) is 4.98 Å². The molecule has 0 unspecified atom stereocenters. The number of thioether (sulfide) groups is 1. The maximum Gasteiger partial charge on any atom is 0.230 e. The maximum atomic E-state index is 12.1. The number of ether oxygens (including phenoxy) is 1. The van der Waals surface area contributed by atoms with Crippen molar-refractivity contribution < 1.29 is 14.3 Å². The number of Topliss-reactive ketones (excluding diaryl/α,β-unsaturated/α-hetero) is 1. The van der Waals surface area contributed by atoms with Crippen LogP contribution in [0.5, 0.6) is 5.75 Å². The number of carbonyl (C=O) groups is 2. The highest BCUT2D eigenvalue weighted by Crippen LogP contribution is 2.23. The number of amides is 1. The number of hydrogen-bond donors (Lipinski definition) is 1. The summed E-state index contributed by atoms with van der Waals surface area (Å²) in [7, 11) is 1.59. The van der Waals surface area contributed by atoms with Crippen LogP contribution in [0.15, 0.2) is 35.4 Å². The van der Waals surface area contributed by atoms with Crippen LogP contribution in [0, 0.1) is 18.3 Å². The molecule has 0 radical (unpaired) electrons. The van der Waals surface area contributed by atoms with E-state index in [-0.39, 0.29) is 17.4 Å². The number of methoxy groups -OCH3 is 1. The molecule has 1 aromatic heterocycles. The van der Waals surface area contributed by atoms with Gasteiger partial charge in [-0.1, -0.05) is 23.9 Å². The lowest BCUT2D eigenvalue weighted by molar-refractivity contribution is -0.118. The van der Waals surface area contributed by atoms with Crippen LogP contribution in [0.3, 0.4) is 0 Å². The minimum Gasteiger partial charge on any atom is -0.497 e. The van der Waals surface area contributed by atoms with Crippen LogP contribution in [0.25, 0.3) is 0 Å². The molecule has 1 N–H and O–H groups in total. The first-order valence-corrected chi connectivity index (χ1v) is 8.88. The minimum absolute atomic E-state index is 0.129. The molecule has 1 aromatic carbocycles. The van der Waals surface area contributed by atoms with E-state index in [0.29, 0.717) is 28.4 Å². The third-order valence-corrected chi connectivity index (χ3v) is 4.63. The number of aryl methyl sites for hydroxylation is 1. The van der Waals surface area contributed by atoms with Crippen LogP contribution in [-0.4, -0.2) is 29.5 Å². The summed E-state index contributed by atoms with van der Waals surface area (Å²) in [5.74, 6) is 0.552. The molecule has 0 atom stereocenters. The van der Waals surface area contributed by atoms with Crippen molar-refractivity contribution in [1.82, 2.24) is 10.3 Å². The van der Waals surface area contributed by atoms with E-state index in [0.717, 1.165) is 11.3 Å². The maximum absolute atomic E-state index is 12.1. The molecule has 0 saturated heterocycles. The van der Waals surface area contributed by atoms with E-state index in [4.69, 9.17) is 4.74 Å². The molecule has 0 aliphatic rings. The Balaban J connectivity index is 1.97. The zero-order valence-electron chi connectivity index (χ0n) is 14.8. The van der Waals surface area contributed by atoms with Gasteiger partial charge in [0.1, 0.15) is 16.8 Å². The van der Waals surface area contributed by atoms with Crippen molar-refractivity contribution in [1.29, 1.82) is 5.26 Å². The highest BCUT2D eigenvalue weighted by molar-refractivity contribution is 8.00. The number of ketones is 1. The fraction of sp³-hybridized carbons (Fsp3) is 0.263. The summed E-state index contributed by atoms with van der Waals surface area (Å²) in [5, 5.41) is 12.5. The highest BCUT2D eigenvalue weighted by atomic mass is 32.2. The summed E-state index contributed by atoms with van der Waals surface area (Å²) in [6.45, 7) is 3.53. The van der Waals surface area contributed by atoms with Crippen LogP contribution in [0.4, 0.5) is 0 Å². The first-order valence-electron chi connectivity index (χ1n) is 7.89. The number of nitrogens with one attached hydrogen (secondary N) is 1. The molecule has 0 fully saturated rings.